The summed E-state index contributed by atoms with van der Waals surface area (Å²) in [6.07, 6.45) is 3.14. The molecular formula is C15H28N2OS. The van der Waals surface area contributed by atoms with Crippen molar-refractivity contribution in [3.8, 4) is 0 Å². The maximum atomic E-state index is 5.87. The third-order valence-corrected chi connectivity index (χ3v) is 4.44. The molecule has 0 radical (unpaired) electrons. The van der Waals surface area contributed by atoms with Gasteiger partial charge in [-0.25, -0.2) is 4.98 Å². The smallest absolute Gasteiger partial charge is 0.125 e. The first kappa shape index (κ1) is 16.6. The maximum Gasteiger partial charge on any atom is 0.125 e. The van der Waals surface area contributed by atoms with Gasteiger partial charge in [0.2, 0.25) is 0 Å². The van der Waals surface area contributed by atoms with Gasteiger partial charge in [0.1, 0.15) is 10.6 Å². The van der Waals surface area contributed by atoms with Crippen LogP contribution in [0.25, 0.3) is 0 Å². The molecule has 0 aromatic carbocycles. The van der Waals surface area contributed by atoms with E-state index in [1.165, 1.54) is 5.69 Å². The lowest BCUT2D eigenvalue weighted by Gasteiger charge is -2.25. The molecule has 0 saturated carbocycles. The Morgan fingerprint density at radius 2 is 2.16 bits per heavy atom. The predicted octanol–water partition coefficient (Wildman–Crippen LogP) is 3.74. The Labute approximate surface area is 121 Å². The highest BCUT2D eigenvalue weighted by Gasteiger charge is 2.28. The molecule has 0 saturated heterocycles. The Balaban J connectivity index is 2.51. The molecule has 1 N–H and O–H groups in total. The summed E-state index contributed by atoms with van der Waals surface area (Å²) in [6.45, 7) is 12.5. The molecule has 3 nitrogen and oxygen atoms in total. The highest BCUT2D eigenvalue weighted by atomic mass is 32.1. The van der Waals surface area contributed by atoms with E-state index in [-0.39, 0.29) is 5.60 Å². The van der Waals surface area contributed by atoms with Crippen molar-refractivity contribution in [1.82, 2.24) is 10.3 Å². The van der Waals surface area contributed by atoms with Gasteiger partial charge in [-0.3, -0.25) is 0 Å². The van der Waals surface area contributed by atoms with Crippen LogP contribution in [0.4, 0.5) is 0 Å². The van der Waals surface area contributed by atoms with Gasteiger partial charge >= 0.3 is 0 Å². The second-order valence-electron chi connectivity index (χ2n) is 5.37. The largest absolute Gasteiger partial charge is 0.368 e. The topological polar surface area (TPSA) is 34.1 Å². The van der Waals surface area contributed by atoms with E-state index in [1.54, 1.807) is 11.3 Å². The van der Waals surface area contributed by atoms with Crippen LogP contribution in [0.1, 0.15) is 58.2 Å². The lowest BCUT2D eigenvalue weighted by atomic mass is 10.0. The van der Waals surface area contributed by atoms with Crippen LogP contribution < -0.4 is 5.32 Å². The van der Waals surface area contributed by atoms with Gasteiger partial charge in [-0.1, -0.05) is 20.8 Å². The Morgan fingerprint density at radius 3 is 2.74 bits per heavy atom. The predicted molar refractivity (Wildman–Crippen MR) is 82.8 cm³/mol. The molecule has 0 aliphatic rings. The Morgan fingerprint density at radius 1 is 1.42 bits per heavy atom. The first-order valence-corrected chi connectivity index (χ1v) is 8.22. The van der Waals surface area contributed by atoms with Gasteiger partial charge in [0.05, 0.1) is 5.69 Å². The van der Waals surface area contributed by atoms with Crippen molar-refractivity contribution < 1.29 is 4.74 Å². The molecular weight excluding hydrogens is 256 g/mol. The first-order chi connectivity index (χ1) is 9.01. The fraction of sp³-hybridized carbons (Fsp3) is 0.800. The van der Waals surface area contributed by atoms with Gasteiger partial charge in [0.25, 0.3) is 0 Å². The van der Waals surface area contributed by atoms with E-state index < -0.39 is 0 Å². The highest BCUT2D eigenvalue weighted by Crippen LogP contribution is 2.31. The van der Waals surface area contributed by atoms with Crippen molar-refractivity contribution in [3.63, 3.8) is 0 Å². The Kier molecular flexibility index (Phi) is 6.97. The van der Waals surface area contributed by atoms with Crippen molar-refractivity contribution in [3.05, 3.63) is 16.1 Å². The molecule has 19 heavy (non-hydrogen) atoms. The third-order valence-electron chi connectivity index (χ3n) is 3.30. The molecule has 1 atom stereocenters. The number of nitrogens with zero attached hydrogens (tertiary/aromatic N) is 1. The molecule has 0 fully saturated rings. The van der Waals surface area contributed by atoms with E-state index in [4.69, 9.17) is 9.72 Å². The third kappa shape index (κ3) is 5.21. The van der Waals surface area contributed by atoms with Gasteiger partial charge in [0, 0.05) is 18.0 Å². The van der Waals surface area contributed by atoms with E-state index in [1.807, 2.05) is 6.92 Å². The molecule has 1 rings (SSSR count). The summed E-state index contributed by atoms with van der Waals surface area (Å²) in [4.78, 5) is 4.75. The highest BCUT2D eigenvalue weighted by molar-refractivity contribution is 7.09. The van der Waals surface area contributed by atoms with Crippen molar-refractivity contribution >= 4 is 11.3 Å². The molecule has 1 aromatic rings. The monoisotopic (exact) mass is 284 g/mol. The zero-order chi connectivity index (χ0) is 14.3. The number of aromatic nitrogens is 1. The number of hydrogen-bond donors (Lipinski definition) is 1. The summed E-state index contributed by atoms with van der Waals surface area (Å²) >= 11 is 1.73. The fourth-order valence-corrected chi connectivity index (χ4v) is 3.00. The minimum Gasteiger partial charge on any atom is -0.368 e. The fourth-order valence-electron chi connectivity index (χ4n) is 1.96. The maximum absolute atomic E-state index is 5.87. The number of aryl methyl sites for hydroxylation is 1. The molecule has 4 heteroatoms. The molecule has 0 aliphatic carbocycles. The number of thiazole rings is 1. The van der Waals surface area contributed by atoms with Gasteiger partial charge in [-0.15, -0.1) is 11.3 Å². The lowest BCUT2D eigenvalue weighted by Crippen LogP contribution is -2.25. The number of ether oxygens (including phenoxy) is 1. The van der Waals surface area contributed by atoms with Gasteiger partial charge in [0.15, 0.2) is 0 Å². The van der Waals surface area contributed by atoms with Gasteiger partial charge in [-0.05, 0) is 39.7 Å². The lowest BCUT2D eigenvalue weighted by molar-refractivity contribution is -0.0325. The van der Waals surface area contributed by atoms with Gasteiger partial charge < -0.3 is 10.1 Å². The molecule has 0 spiro atoms. The van der Waals surface area contributed by atoms with E-state index >= 15 is 0 Å². The van der Waals surface area contributed by atoms with Gasteiger partial charge in [-0.2, -0.15) is 0 Å². The van der Waals surface area contributed by atoms with Crippen LogP contribution in [-0.4, -0.2) is 24.2 Å². The molecule has 0 bridgehead atoms. The summed E-state index contributed by atoms with van der Waals surface area (Å²) in [5.74, 6) is 0. The van der Waals surface area contributed by atoms with Crippen molar-refractivity contribution in [2.24, 2.45) is 0 Å². The van der Waals surface area contributed by atoms with E-state index in [0.717, 1.165) is 37.4 Å². The normalized spacial score (nSPS) is 14.8. The molecule has 0 amide bonds. The van der Waals surface area contributed by atoms with Crippen LogP contribution >= 0.6 is 11.3 Å². The average Bonchev–Trinajstić information content (AvgIpc) is 2.84. The van der Waals surface area contributed by atoms with Crippen LogP contribution in [-0.2, 0) is 16.8 Å². The first-order valence-electron chi connectivity index (χ1n) is 7.34. The summed E-state index contributed by atoms with van der Waals surface area (Å²) in [7, 11) is 0. The SMILES string of the molecule is CCOC(C)(CC)c1nc(CCCNC(C)C)cs1. The zero-order valence-corrected chi connectivity index (χ0v) is 13.8. The molecule has 110 valence electrons. The second-order valence-corrected chi connectivity index (χ2v) is 6.23. The van der Waals surface area contributed by atoms with Crippen LogP contribution in [0.2, 0.25) is 0 Å². The van der Waals surface area contributed by atoms with E-state index in [2.05, 4.69) is 38.4 Å². The molecule has 0 aliphatic heterocycles. The van der Waals surface area contributed by atoms with Crippen molar-refractivity contribution in [2.75, 3.05) is 13.2 Å². The minimum absolute atomic E-state index is 0.214. The molecule has 1 unspecified atom stereocenters. The Hall–Kier alpha value is -0.450. The van der Waals surface area contributed by atoms with Crippen LogP contribution in [0.15, 0.2) is 5.38 Å². The second kappa shape index (κ2) is 7.98. The zero-order valence-electron chi connectivity index (χ0n) is 13.0. The van der Waals surface area contributed by atoms with Crippen LogP contribution in [0.5, 0.6) is 0 Å². The summed E-state index contributed by atoms with van der Waals surface area (Å²) < 4.78 is 5.87. The quantitative estimate of drug-likeness (QED) is 0.702. The van der Waals surface area contributed by atoms with Crippen LogP contribution in [0, 0.1) is 0 Å². The number of rotatable bonds is 9. The number of hydrogen-bond acceptors (Lipinski definition) is 4. The van der Waals surface area contributed by atoms with E-state index in [9.17, 15) is 0 Å². The van der Waals surface area contributed by atoms with Crippen LogP contribution in [0.3, 0.4) is 0 Å². The summed E-state index contributed by atoms with van der Waals surface area (Å²) in [5, 5.41) is 6.73. The number of nitrogens with one attached hydrogen (secondary N) is 1. The summed E-state index contributed by atoms with van der Waals surface area (Å²) in [6, 6.07) is 0.562. The van der Waals surface area contributed by atoms with Crippen molar-refractivity contribution in [1.29, 1.82) is 0 Å². The average molecular weight is 284 g/mol. The minimum atomic E-state index is -0.214. The summed E-state index contributed by atoms with van der Waals surface area (Å²) in [5.41, 5.74) is 0.985. The van der Waals surface area contributed by atoms with Crippen molar-refractivity contribution in [2.45, 2.75) is 65.5 Å². The molecule has 1 aromatic heterocycles. The standard InChI is InChI=1S/C15H28N2OS/c1-6-15(5,18-7-2)14-17-13(11-19-14)9-8-10-16-12(3)4/h11-12,16H,6-10H2,1-5H3. The molecule has 1 heterocycles. The Bertz CT molecular complexity index is 365. The van der Waals surface area contributed by atoms with E-state index in [0.29, 0.717) is 6.04 Å².